The zero-order valence-corrected chi connectivity index (χ0v) is 14.0. The molecule has 2 rings (SSSR count). The molecule has 1 aliphatic rings. The van der Waals surface area contributed by atoms with Crippen molar-refractivity contribution in [3.05, 3.63) is 16.4 Å². The first-order chi connectivity index (χ1) is 9.32. The van der Waals surface area contributed by atoms with E-state index in [0.717, 1.165) is 47.5 Å². The fourth-order valence-electron chi connectivity index (χ4n) is 3.51. The zero-order chi connectivity index (χ0) is 14.9. The molecule has 114 valence electrons. The Balaban J connectivity index is 2.11. The van der Waals surface area contributed by atoms with Gasteiger partial charge in [0.1, 0.15) is 0 Å². The summed E-state index contributed by atoms with van der Waals surface area (Å²) in [4.78, 5) is 0. The Morgan fingerprint density at radius 3 is 2.65 bits per heavy atom. The van der Waals surface area contributed by atoms with Crippen molar-refractivity contribution in [2.24, 2.45) is 24.6 Å². The summed E-state index contributed by atoms with van der Waals surface area (Å²) in [7, 11) is 1.96. The normalized spacial score (nSPS) is 27.9. The van der Waals surface area contributed by atoms with Crippen LogP contribution in [-0.2, 0) is 13.5 Å². The number of hydrogen-bond acceptors (Lipinski definition) is 2. The van der Waals surface area contributed by atoms with Crippen molar-refractivity contribution in [1.82, 2.24) is 9.78 Å². The molecule has 20 heavy (non-hydrogen) atoms. The average molecular weight is 298 g/mol. The lowest BCUT2D eigenvalue weighted by molar-refractivity contribution is 0.319. The van der Waals surface area contributed by atoms with Crippen molar-refractivity contribution in [2.45, 2.75) is 64.8 Å². The summed E-state index contributed by atoms with van der Waals surface area (Å²) in [6.07, 6.45) is 6.81. The largest absolute Gasteiger partial charge is 0.325 e. The van der Waals surface area contributed by atoms with Gasteiger partial charge in [0, 0.05) is 19.0 Å². The fourth-order valence-corrected chi connectivity index (χ4v) is 3.73. The van der Waals surface area contributed by atoms with Gasteiger partial charge in [0.05, 0.1) is 16.4 Å². The van der Waals surface area contributed by atoms with Crippen molar-refractivity contribution in [3.8, 4) is 0 Å². The number of rotatable bonds is 3. The second-order valence-corrected chi connectivity index (χ2v) is 7.32. The van der Waals surface area contributed by atoms with Crippen LogP contribution in [0.3, 0.4) is 0 Å². The lowest BCUT2D eigenvalue weighted by Gasteiger charge is -2.28. The van der Waals surface area contributed by atoms with E-state index in [1.807, 2.05) is 18.7 Å². The standard InChI is InChI=1S/C16H28ClN3/c1-11(2)13-6-5-8-16(18,9-7-13)10-14-15(17)12(3)19-20(14)4/h11,13H,5-10,18H2,1-4H3. The van der Waals surface area contributed by atoms with Crippen molar-refractivity contribution in [3.63, 3.8) is 0 Å². The Morgan fingerprint density at radius 1 is 1.40 bits per heavy atom. The minimum absolute atomic E-state index is 0.118. The molecular formula is C16H28ClN3. The molecule has 0 bridgehead atoms. The average Bonchev–Trinajstić information content (AvgIpc) is 2.56. The third-order valence-electron chi connectivity index (χ3n) is 4.99. The first kappa shape index (κ1) is 15.8. The summed E-state index contributed by atoms with van der Waals surface area (Å²) in [6.45, 7) is 6.61. The molecule has 2 N–H and O–H groups in total. The van der Waals surface area contributed by atoms with Crippen LogP contribution in [0.4, 0.5) is 0 Å². The SMILES string of the molecule is Cc1nn(C)c(CC2(N)CCCC(C(C)C)CC2)c1Cl. The molecule has 1 aromatic rings. The predicted octanol–water partition coefficient (Wildman–Crippen LogP) is 3.86. The van der Waals surface area contributed by atoms with E-state index >= 15 is 0 Å². The van der Waals surface area contributed by atoms with E-state index in [0.29, 0.717) is 0 Å². The van der Waals surface area contributed by atoms with Crippen LogP contribution in [0.1, 0.15) is 57.3 Å². The van der Waals surface area contributed by atoms with Gasteiger partial charge in [-0.1, -0.05) is 38.3 Å². The lowest BCUT2D eigenvalue weighted by atomic mass is 9.84. The Kier molecular flexibility index (Phi) is 4.80. The van der Waals surface area contributed by atoms with Crippen LogP contribution in [0, 0.1) is 18.8 Å². The Morgan fingerprint density at radius 2 is 2.10 bits per heavy atom. The maximum Gasteiger partial charge on any atom is 0.0847 e. The van der Waals surface area contributed by atoms with Gasteiger partial charge in [-0.25, -0.2) is 0 Å². The monoisotopic (exact) mass is 297 g/mol. The number of hydrogen-bond donors (Lipinski definition) is 1. The predicted molar refractivity (Wildman–Crippen MR) is 85.0 cm³/mol. The van der Waals surface area contributed by atoms with Gasteiger partial charge in [0.15, 0.2) is 0 Å². The summed E-state index contributed by atoms with van der Waals surface area (Å²) in [5, 5.41) is 5.20. The molecule has 1 aromatic heterocycles. The first-order valence-electron chi connectivity index (χ1n) is 7.79. The van der Waals surface area contributed by atoms with Gasteiger partial charge in [0.25, 0.3) is 0 Å². The molecule has 0 radical (unpaired) electrons. The molecule has 1 heterocycles. The molecule has 0 aliphatic heterocycles. The van der Waals surface area contributed by atoms with Crippen LogP contribution >= 0.6 is 11.6 Å². The molecule has 2 atom stereocenters. The Hall–Kier alpha value is -0.540. The van der Waals surface area contributed by atoms with E-state index in [9.17, 15) is 0 Å². The number of nitrogens with zero attached hydrogens (tertiary/aromatic N) is 2. The molecule has 0 saturated heterocycles. The number of halogens is 1. The minimum Gasteiger partial charge on any atom is -0.325 e. The van der Waals surface area contributed by atoms with E-state index in [4.69, 9.17) is 17.3 Å². The van der Waals surface area contributed by atoms with Gasteiger partial charge >= 0.3 is 0 Å². The summed E-state index contributed by atoms with van der Waals surface area (Å²) >= 11 is 6.38. The van der Waals surface area contributed by atoms with Gasteiger partial charge in [-0.2, -0.15) is 5.10 Å². The van der Waals surface area contributed by atoms with Gasteiger partial charge in [-0.05, 0) is 38.0 Å². The van der Waals surface area contributed by atoms with Crippen LogP contribution in [-0.4, -0.2) is 15.3 Å². The highest BCUT2D eigenvalue weighted by molar-refractivity contribution is 6.31. The van der Waals surface area contributed by atoms with Gasteiger partial charge in [-0.3, -0.25) is 4.68 Å². The van der Waals surface area contributed by atoms with Crippen molar-refractivity contribution < 1.29 is 0 Å². The highest BCUT2D eigenvalue weighted by Crippen LogP contribution is 2.35. The molecular weight excluding hydrogens is 270 g/mol. The van der Waals surface area contributed by atoms with Gasteiger partial charge in [-0.15, -0.1) is 0 Å². The van der Waals surface area contributed by atoms with Gasteiger partial charge in [0.2, 0.25) is 0 Å². The maximum absolute atomic E-state index is 6.70. The number of aryl methyl sites for hydroxylation is 2. The van der Waals surface area contributed by atoms with E-state index in [1.54, 1.807) is 0 Å². The number of aromatic nitrogens is 2. The van der Waals surface area contributed by atoms with E-state index in [2.05, 4.69) is 18.9 Å². The molecule has 3 nitrogen and oxygen atoms in total. The molecule has 0 aromatic carbocycles. The smallest absolute Gasteiger partial charge is 0.0847 e. The van der Waals surface area contributed by atoms with E-state index < -0.39 is 0 Å². The molecule has 1 saturated carbocycles. The van der Waals surface area contributed by atoms with Crippen LogP contribution < -0.4 is 5.73 Å². The molecule has 4 heteroatoms. The zero-order valence-electron chi connectivity index (χ0n) is 13.2. The highest BCUT2D eigenvalue weighted by atomic mass is 35.5. The lowest BCUT2D eigenvalue weighted by Crippen LogP contribution is -2.42. The molecule has 2 unspecified atom stereocenters. The third-order valence-corrected chi connectivity index (χ3v) is 5.48. The maximum atomic E-state index is 6.70. The Labute approximate surface area is 127 Å². The quantitative estimate of drug-likeness (QED) is 0.861. The van der Waals surface area contributed by atoms with Crippen molar-refractivity contribution in [2.75, 3.05) is 0 Å². The molecule has 0 amide bonds. The van der Waals surface area contributed by atoms with Gasteiger partial charge < -0.3 is 5.73 Å². The fraction of sp³-hybridized carbons (Fsp3) is 0.812. The minimum atomic E-state index is -0.118. The van der Waals surface area contributed by atoms with Crippen LogP contribution in [0.15, 0.2) is 0 Å². The highest BCUT2D eigenvalue weighted by Gasteiger charge is 2.32. The molecule has 1 aliphatic carbocycles. The summed E-state index contributed by atoms with van der Waals surface area (Å²) in [5.74, 6) is 1.59. The molecule has 1 fully saturated rings. The van der Waals surface area contributed by atoms with Crippen molar-refractivity contribution in [1.29, 1.82) is 0 Å². The van der Waals surface area contributed by atoms with Crippen LogP contribution in [0.2, 0.25) is 5.02 Å². The van der Waals surface area contributed by atoms with E-state index in [-0.39, 0.29) is 5.54 Å². The second kappa shape index (κ2) is 6.07. The van der Waals surface area contributed by atoms with Crippen molar-refractivity contribution >= 4 is 11.6 Å². The Bertz CT molecular complexity index is 467. The number of nitrogens with two attached hydrogens (primary N) is 1. The summed E-state index contributed by atoms with van der Waals surface area (Å²) < 4.78 is 1.90. The summed E-state index contributed by atoms with van der Waals surface area (Å²) in [6, 6.07) is 0. The second-order valence-electron chi connectivity index (χ2n) is 6.94. The van der Waals surface area contributed by atoms with Crippen LogP contribution in [0.25, 0.3) is 0 Å². The summed E-state index contributed by atoms with van der Waals surface area (Å²) in [5.41, 5.74) is 8.58. The third kappa shape index (κ3) is 3.37. The van der Waals surface area contributed by atoms with Crippen LogP contribution in [0.5, 0.6) is 0 Å². The molecule has 0 spiro atoms. The van der Waals surface area contributed by atoms with E-state index in [1.165, 1.54) is 19.3 Å². The topological polar surface area (TPSA) is 43.8 Å². The first-order valence-corrected chi connectivity index (χ1v) is 8.17.